The van der Waals surface area contributed by atoms with Gasteiger partial charge in [0.15, 0.2) is 0 Å². The van der Waals surface area contributed by atoms with Crippen molar-refractivity contribution in [1.82, 2.24) is 0 Å². The standard InChI is InChI=1S/C13F28O4/c14-1(15,3(18,19)5(22,23)24)2(16,17)4(20,21)7(28,29)44-13(40,41)45-12(38,39)11(36,37)43-10(34,35)9(32,33)42-8(30,31)6(25,26)27. The Balaban J connectivity index is 6.40. The molecule has 0 radical (unpaired) electrons. The fourth-order valence-electron chi connectivity index (χ4n) is 1.76. The predicted octanol–water partition coefficient (Wildman–Crippen LogP) is 8.83. The summed E-state index contributed by atoms with van der Waals surface area (Å²) in [4.78, 5) is 0. The highest BCUT2D eigenvalue weighted by Gasteiger charge is 2.92. The van der Waals surface area contributed by atoms with Crippen molar-refractivity contribution in [3.05, 3.63) is 0 Å². The molecule has 0 N–H and O–H groups in total. The van der Waals surface area contributed by atoms with Gasteiger partial charge in [0.05, 0.1) is 0 Å². The van der Waals surface area contributed by atoms with E-state index in [9.17, 15) is 123 Å². The van der Waals surface area contributed by atoms with Gasteiger partial charge >= 0.3 is 79.0 Å². The van der Waals surface area contributed by atoms with Crippen LogP contribution in [0.4, 0.5) is 123 Å². The first-order valence-corrected chi connectivity index (χ1v) is 8.92. The highest BCUT2D eigenvalue weighted by atomic mass is 19.4. The maximum atomic E-state index is 13.3. The summed E-state index contributed by atoms with van der Waals surface area (Å²) in [7, 11) is 0. The molecule has 0 aromatic rings. The van der Waals surface area contributed by atoms with Crippen molar-refractivity contribution >= 4 is 0 Å². The quantitative estimate of drug-likeness (QED) is 0.131. The van der Waals surface area contributed by atoms with Crippen LogP contribution >= 0.6 is 0 Å². The SMILES string of the molecule is FC(F)(OC(F)(F)C(F)(F)OC(F)(F)C(F)(F)OC(F)(F)C(F)(F)F)OC(F)(F)C(F)(F)C(F)(F)C(F)(F)C(F)(F)C(F)(F)F. The third-order valence-corrected chi connectivity index (χ3v) is 3.92. The van der Waals surface area contributed by atoms with Gasteiger partial charge in [-0.15, -0.1) is 8.78 Å². The Bertz CT molecular complexity index is 1040. The zero-order valence-corrected chi connectivity index (χ0v) is 18.7. The lowest BCUT2D eigenvalue weighted by Gasteiger charge is -2.40. The highest BCUT2D eigenvalue weighted by molar-refractivity contribution is 5.08. The molecule has 272 valence electrons. The zero-order chi connectivity index (χ0) is 37.3. The molecule has 0 heterocycles. The van der Waals surface area contributed by atoms with Gasteiger partial charge in [0.2, 0.25) is 0 Å². The van der Waals surface area contributed by atoms with E-state index in [0.29, 0.717) is 0 Å². The maximum Gasteiger partial charge on any atom is 0.495 e. The van der Waals surface area contributed by atoms with Crippen molar-refractivity contribution in [3.63, 3.8) is 0 Å². The third-order valence-electron chi connectivity index (χ3n) is 3.92. The molecule has 32 heteroatoms. The molecule has 0 bridgehead atoms. The average Bonchev–Trinajstić information content (AvgIpc) is 2.67. The van der Waals surface area contributed by atoms with Crippen molar-refractivity contribution in [1.29, 1.82) is 0 Å². The van der Waals surface area contributed by atoms with Gasteiger partial charge in [0.1, 0.15) is 0 Å². The summed E-state index contributed by atoms with van der Waals surface area (Å²) in [6, 6.07) is 0. The smallest absolute Gasteiger partial charge is 0.241 e. The molecule has 0 spiro atoms. The van der Waals surface area contributed by atoms with Crippen molar-refractivity contribution in [3.8, 4) is 0 Å². The van der Waals surface area contributed by atoms with Crippen LogP contribution in [0.25, 0.3) is 0 Å². The summed E-state index contributed by atoms with van der Waals surface area (Å²) >= 11 is 0. The molecule has 0 aliphatic rings. The van der Waals surface area contributed by atoms with Gasteiger partial charge in [-0.2, -0.15) is 114 Å². The van der Waals surface area contributed by atoms with Crippen LogP contribution in [0.2, 0.25) is 0 Å². The molecule has 0 aliphatic carbocycles. The van der Waals surface area contributed by atoms with Gasteiger partial charge in [-0.1, -0.05) is 0 Å². The van der Waals surface area contributed by atoms with Crippen LogP contribution in [-0.4, -0.2) is 79.0 Å². The highest BCUT2D eigenvalue weighted by Crippen LogP contribution is 2.61. The molecule has 4 nitrogen and oxygen atoms in total. The number of hydrogen-bond donors (Lipinski definition) is 0. The van der Waals surface area contributed by atoms with E-state index in [4.69, 9.17) is 0 Å². The van der Waals surface area contributed by atoms with E-state index < -0.39 is 79.0 Å². The lowest BCUT2D eigenvalue weighted by molar-refractivity contribution is -0.596. The summed E-state index contributed by atoms with van der Waals surface area (Å²) in [6.45, 7) is 0. The molecule has 0 amide bonds. The second-order valence-corrected chi connectivity index (χ2v) is 7.27. The van der Waals surface area contributed by atoms with E-state index in [1.165, 1.54) is 0 Å². The Morgan fingerprint density at radius 1 is 0.200 bits per heavy atom. The molecule has 0 saturated heterocycles. The van der Waals surface area contributed by atoms with E-state index >= 15 is 0 Å². The molecule has 0 aromatic carbocycles. The third kappa shape index (κ3) is 7.56. The summed E-state index contributed by atoms with van der Waals surface area (Å²) in [6.07, 6.45) is -71.9. The predicted molar refractivity (Wildman–Crippen MR) is 70.9 cm³/mol. The monoisotopic (exact) mass is 752 g/mol. The van der Waals surface area contributed by atoms with Gasteiger partial charge in [-0.05, 0) is 0 Å². The van der Waals surface area contributed by atoms with E-state index in [0.717, 1.165) is 18.9 Å². The minimum atomic E-state index is -8.99. The van der Waals surface area contributed by atoms with Crippen LogP contribution in [0.15, 0.2) is 0 Å². The normalized spacial score (nSPS) is 16.8. The van der Waals surface area contributed by atoms with Gasteiger partial charge in [0.25, 0.3) is 0 Å². The summed E-state index contributed by atoms with van der Waals surface area (Å²) in [5.74, 6) is -35.2. The molecule has 0 aromatic heterocycles. The topological polar surface area (TPSA) is 36.9 Å². The van der Waals surface area contributed by atoms with Gasteiger partial charge in [0, 0.05) is 0 Å². The van der Waals surface area contributed by atoms with Crippen molar-refractivity contribution in [2.24, 2.45) is 0 Å². The van der Waals surface area contributed by atoms with Crippen LogP contribution in [0.5, 0.6) is 0 Å². The molecular weight excluding hydrogens is 752 g/mol. The average molecular weight is 752 g/mol. The summed E-state index contributed by atoms with van der Waals surface area (Å²) in [5.41, 5.74) is 0. The second-order valence-electron chi connectivity index (χ2n) is 7.27. The first kappa shape index (κ1) is 42.9. The first-order valence-electron chi connectivity index (χ1n) is 8.92. The molecular formula is C13F28O4. The summed E-state index contributed by atoms with van der Waals surface area (Å²) in [5, 5.41) is 0. The minimum absolute atomic E-state index is 0.970. The molecule has 0 fully saturated rings. The number of alkyl halides is 28. The first-order chi connectivity index (χ1) is 18.8. The van der Waals surface area contributed by atoms with Gasteiger partial charge < -0.3 is 0 Å². The lowest BCUT2D eigenvalue weighted by atomic mass is 9.97. The van der Waals surface area contributed by atoms with Crippen molar-refractivity contribution in [2.75, 3.05) is 0 Å². The lowest BCUT2D eigenvalue weighted by Crippen LogP contribution is -2.71. The molecule has 0 unspecified atom stereocenters. The molecule has 0 rings (SSSR count). The number of rotatable bonds is 14. The van der Waals surface area contributed by atoms with Crippen LogP contribution in [0, 0.1) is 0 Å². The molecule has 0 aliphatic heterocycles. The molecule has 45 heavy (non-hydrogen) atoms. The molecule has 0 saturated carbocycles. The van der Waals surface area contributed by atoms with Gasteiger partial charge in [-0.25, -0.2) is 18.9 Å². The van der Waals surface area contributed by atoms with Crippen molar-refractivity contribution in [2.45, 2.75) is 79.0 Å². The minimum Gasteiger partial charge on any atom is -0.241 e. The Kier molecular flexibility index (Phi) is 10.5. The zero-order valence-electron chi connectivity index (χ0n) is 18.7. The van der Waals surface area contributed by atoms with Gasteiger partial charge in [-0.3, -0.25) is 0 Å². The van der Waals surface area contributed by atoms with Crippen LogP contribution in [0.3, 0.4) is 0 Å². The molecule has 0 atom stereocenters. The Morgan fingerprint density at radius 2 is 0.444 bits per heavy atom. The van der Waals surface area contributed by atoms with Crippen LogP contribution < -0.4 is 0 Å². The van der Waals surface area contributed by atoms with Crippen LogP contribution in [0.1, 0.15) is 0 Å². The van der Waals surface area contributed by atoms with Crippen LogP contribution in [-0.2, 0) is 18.9 Å². The van der Waals surface area contributed by atoms with E-state index in [-0.39, 0.29) is 0 Å². The summed E-state index contributed by atoms with van der Waals surface area (Å²) < 4.78 is 361. The Morgan fingerprint density at radius 3 is 0.733 bits per heavy atom. The Labute approximate surface area is 222 Å². The van der Waals surface area contributed by atoms with E-state index in [2.05, 4.69) is 0 Å². The fraction of sp³-hybridized carbons (Fsp3) is 1.00. The fourth-order valence-corrected chi connectivity index (χ4v) is 1.76. The van der Waals surface area contributed by atoms with E-state index in [1.54, 1.807) is 0 Å². The number of hydrogen-bond acceptors (Lipinski definition) is 4. The maximum absolute atomic E-state index is 13.3. The largest absolute Gasteiger partial charge is 0.495 e. The van der Waals surface area contributed by atoms with Crippen molar-refractivity contribution < 1.29 is 142 Å². The van der Waals surface area contributed by atoms with E-state index in [1.807, 2.05) is 0 Å². The number of halogens is 28. The number of ether oxygens (including phenoxy) is 4. The Hall–Kier alpha value is -2.12. The second kappa shape index (κ2) is 11.0.